The minimum absolute atomic E-state index is 0. The summed E-state index contributed by atoms with van der Waals surface area (Å²) in [5, 5.41) is 4.10. The lowest BCUT2D eigenvalue weighted by molar-refractivity contribution is 0.477. The van der Waals surface area contributed by atoms with Gasteiger partial charge in [-0.05, 0) is 31.0 Å². The molecule has 0 heterocycles. The summed E-state index contributed by atoms with van der Waals surface area (Å²) in [6, 6.07) is 7.89. The fourth-order valence-corrected chi connectivity index (χ4v) is 2.02. The van der Waals surface area contributed by atoms with Gasteiger partial charge in [0.25, 0.3) is 0 Å². The van der Waals surface area contributed by atoms with Crippen LogP contribution in [-0.4, -0.2) is 31.5 Å². The molecule has 5 heteroatoms. The molecule has 0 atom stereocenters. The highest BCUT2D eigenvalue weighted by atomic mass is 127. The lowest BCUT2D eigenvalue weighted by Crippen LogP contribution is -2.38. The lowest BCUT2D eigenvalue weighted by atomic mass is 10.2. The van der Waals surface area contributed by atoms with Gasteiger partial charge in [0.15, 0.2) is 5.96 Å². The first-order chi connectivity index (χ1) is 9.17. The Morgan fingerprint density at radius 2 is 2.20 bits per heavy atom. The molecule has 0 saturated heterocycles. The van der Waals surface area contributed by atoms with Gasteiger partial charge in [-0.1, -0.05) is 35.9 Å². The predicted octanol–water partition coefficient (Wildman–Crippen LogP) is 3.93. The molecule has 0 aromatic heterocycles. The van der Waals surface area contributed by atoms with Crippen molar-refractivity contribution in [2.45, 2.75) is 19.9 Å². The summed E-state index contributed by atoms with van der Waals surface area (Å²) in [6.45, 7) is 3.70. The number of aliphatic imine (C=N–C) groups is 1. The molecule has 0 aliphatic rings. The van der Waals surface area contributed by atoms with E-state index in [0.717, 1.165) is 30.5 Å². The average molecular weight is 408 g/mol. The Kier molecular flexibility index (Phi) is 10.6. The Balaban J connectivity index is 0.00000361. The van der Waals surface area contributed by atoms with Gasteiger partial charge in [-0.25, -0.2) is 0 Å². The third kappa shape index (κ3) is 7.14. The number of nitrogens with zero attached hydrogens (tertiary/aromatic N) is 2. The van der Waals surface area contributed by atoms with E-state index in [-0.39, 0.29) is 24.0 Å². The fourth-order valence-electron chi connectivity index (χ4n) is 1.80. The summed E-state index contributed by atoms with van der Waals surface area (Å²) in [4.78, 5) is 6.36. The van der Waals surface area contributed by atoms with Crippen LogP contribution in [0.3, 0.4) is 0 Å². The molecule has 0 aliphatic carbocycles. The molecule has 0 spiro atoms. The molecule has 0 saturated carbocycles. The molecule has 1 aromatic rings. The van der Waals surface area contributed by atoms with Crippen molar-refractivity contribution in [1.29, 1.82) is 0 Å². The van der Waals surface area contributed by atoms with Crippen LogP contribution in [-0.2, 0) is 6.54 Å². The van der Waals surface area contributed by atoms with Crippen LogP contribution in [0.4, 0.5) is 0 Å². The monoisotopic (exact) mass is 407 g/mol. The summed E-state index contributed by atoms with van der Waals surface area (Å²) in [7, 11) is 3.82. The van der Waals surface area contributed by atoms with Gasteiger partial charge in [0.2, 0.25) is 0 Å². The topological polar surface area (TPSA) is 27.6 Å². The van der Waals surface area contributed by atoms with Crippen LogP contribution >= 0.6 is 35.6 Å². The van der Waals surface area contributed by atoms with Crippen LogP contribution in [0.25, 0.3) is 0 Å². The molecule has 1 N–H and O–H groups in total. The van der Waals surface area contributed by atoms with Crippen molar-refractivity contribution in [2.24, 2.45) is 4.99 Å². The number of hydrogen-bond acceptors (Lipinski definition) is 1. The largest absolute Gasteiger partial charge is 0.356 e. The SMILES string of the molecule is C/C=C/CCNC(=NC)N(C)Cc1cccc(Cl)c1.I. The lowest BCUT2D eigenvalue weighted by Gasteiger charge is -2.22. The summed E-state index contributed by atoms with van der Waals surface area (Å²) < 4.78 is 0. The van der Waals surface area contributed by atoms with E-state index in [1.807, 2.05) is 32.2 Å². The maximum atomic E-state index is 5.99. The Bertz CT molecular complexity index is 446. The maximum Gasteiger partial charge on any atom is 0.193 e. The van der Waals surface area contributed by atoms with E-state index in [2.05, 4.69) is 33.4 Å². The second-order valence-electron chi connectivity index (χ2n) is 4.32. The van der Waals surface area contributed by atoms with Crippen molar-refractivity contribution >= 4 is 41.5 Å². The number of guanidine groups is 1. The van der Waals surface area contributed by atoms with Gasteiger partial charge < -0.3 is 10.2 Å². The molecule has 1 rings (SSSR count). The number of benzene rings is 1. The number of hydrogen-bond donors (Lipinski definition) is 1. The average Bonchev–Trinajstić information content (AvgIpc) is 2.38. The molecule has 0 aliphatic heterocycles. The van der Waals surface area contributed by atoms with Crippen molar-refractivity contribution in [3.63, 3.8) is 0 Å². The number of allylic oxidation sites excluding steroid dienone is 1. The molecule has 0 bridgehead atoms. The van der Waals surface area contributed by atoms with Crippen LogP contribution < -0.4 is 5.32 Å². The summed E-state index contributed by atoms with van der Waals surface area (Å²) in [5.41, 5.74) is 1.17. The van der Waals surface area contributed by atoms with Crippen molar-refractivity contribution in [2.75, 3.05) is 20.6 Å². The molecule has 1 aromatic carbocycles. The van der Waals surface area contributed by atoms with Crippen molar-refractivity contribution in [1.82, 2.24) is 10.2 Å². The van der Waals surface area contributed by atoms with Crippen molar-refractivity contribution < 1.29 is 0 Å². The normalized spacial score (nSPS) is 11.3. The zero-order valence-electron chi connectivity index (χ0n) is 12.3. The van der Waals surface area contributed by atoms with Gasteiger partial charge in [-0.2, -0.15) is 0 Å². The highest BCUT2D eigenvalue weighted by Crippen LogP contribution is 2.12. The van der Waals surface area contributed by atoms with Gasteiger partial charge in [-0.3, -0.25) is 4.99 Å². The Hall–Kier alpha value is -0.750. The van der Waals surface area contributed by atoms with E-state index in [1.165, 1.54) is 5.56 Å². The number of nitrogens with one attached hydrogen (secondary N) is 1. The molecular weight excluding hydrogens is 385 g/mol. The van der Waals surface area contributed by atoms with E-state index in [1.54, 1.807) is 7.05 Å². The molecule has 0 unspecified atom stereocenters. The smallest absolute Gasteiger partial charge is 0.193 e. The maximum absolute atomic E-state index is 5.99. The third-order valence-electron chi connectivity index (χ3n) is 2.71. The molecule has 20 heavy (non-hydrogen) atoms. The number of halogens is 2. The fraction of sp³-hybridized carbons (Fsp3) is 0.400. The first-order valence-electron chi connectivity index (χ1n) is 6.44. The summed E-state index contributed by atoms with van der Waals surface area (Å²) in [5.74, 6) is 0.893. The highest BCUT2D eigenvalue weighted by molar-refractivity contribution is 14.0. The van der Waals surface area contributed by atoms with Gasteiger partial charge >= 0.3 is 0 Å². The standard InChI is InChI=1S/C15H22ClN3.HI/c1-4-5-6-10-18-15(17-2)19(3)12-13-8-7-9-14(16)11-13;/h4-5,7-9,11H,6,10,12H2,1-3H3,(H,17,18);1H/b5-4+;. The Labute approximate surface area is 144 Å². The van der Waals surface area contributed by atoms with Crippen LogP contribution in [0.1, 0.15) is 18.9 Å². The van der Waals surface area contributed by atoms with Crippen LogP contribution in [0.5, 0.6) is 0 Å². The van der Waals surface area contributed by atoms with Crippen molar-refractivity contribution in [3.05, 3.63) is 47.0 Å². The molecule has 0 radical (unpaired) electrons. The van der Waals surface area contributed by atoms with E-state index in [4.69, 9.17) is 11.6 Å². The summed E-state index contributed by atoms with van der Waals surface area (Å²) in [6.07, 6.45) is 5.19. The van der Waals surface area contributed by atoms with Crippen LogP contribution in [0.2, 0.25) is 5.02 Å². The zero-order valence-corrected chi connectivity index (χ0v) is 15.4. The van der Waals surface area contributed by atoms with Gasteiger partial charge in [0.05, 0.1) is 0 Å². The first kappa shape index (κ1) is 19.2. The van der Waals surface area contributed by atoms with Crippen LogP contribution in [0, 0.1) is 0 Å². The Morgan fingerprint density at radius 3 is 2.80 bits per heavy atom. The van der Waals surface area contributed by atoms with E-state index in [9.17, 15) is 0 Å². The van der Waals surface area contributed by atoms with E-state index >= 15 is 0 Å². The molecule has 0 amide bonds. The van der Waals surface area contributed by atoms with Crippen molar-refractivity contribution in [3.8, 4) is 0 Å². The zero-order chi connectivity index (χ0) is 14.1. The minimum atomic E-state index is 0. The first-order valence-corrected chi connectivity index (χ1v) is 6.82. The summed E-state index contributed by atoms with van der Waals surface area (Å²) >= 11 is 5.99. The quantitative estimate of drug-likeness (QED) is 0.263. The number of rotatable bonds is 5. The van der Waals surface area contributed by atoms with Gasteiger partial charge in [0.1, 0.15) is 0 Å². The minimum Gasteiger partial charge on any atom is -0.356 e. The van der Waals surface area contributed by atoms with E-state index < -0.39 is 0 Å². The van der Waals surface area contributed by atoms with Gasteiger partial charge in [0, 0.05) is 32.2 Å². The second kappa shape index (κ2) is 11.0. The predicted molar refractivity (Wildman–Crippen MR) is 99.1 cm³/mol. The Morgan fingerprint density at radius 1 is 1.45 bits per heavy atom. The molecule has 0 fully saturated rings. The molecule has 3 nitrogen and oxygen atoms in total. The van der Waals surface area contributed by atoms with Crippen LogP contribution in [0.15, 0.2) is 41.4 Å². The van der Waals surface area contributed by atoms with E-state index in [0.29, 0.717) is 0 Å². The molecular formula is C15H23ClIN3. The molecule has 112 valence electrons. The highest BCUT2D eigenvalue weighted by Gasteiger charge is 2.05. The second-order valence-corrected chi connectivity index (χ2v) is 4.75. The third-order valence-corrected chi connectivity index (χ3v) is 2.95. The van der Waals surface area contributed by atoms with Gasteiger partial charge in [-0.15, -0.1) is 24.0 Å².